The van der Waals surface area contributed by atoms with E-state index in [-0.39, 0.29) is 11.5 Å². The highest BCUT2D eigenvalue weighted by atomic mass is 16.5. The smallest absolute Gasteiger partial charge is 0.306 e. The van der Waals surface area contributed by atoms with Gasteiger partial charge in [-0.05, 0) is 40.2 Å². The molecule has 1 saturated heterocycles. The minimum atomic E-state index is -0.108. The molecule has 4 nitrogen and oxygen atoms in total. The predicted molar refractivity (Wildman–Crippen MR) is 73.6 cm³/mol. The quantitative estimate of drug-likeness (QED) is 0.762. The van der Waals surface area contributed by atoms with Crippen molar-refractivity contribution in [2.24, 2.45) is 0 Å². The number of carbonyl (C=O) groups is 1. The van der Waals surface area contributed by atoms with Crippen molar-refractivity contribution in [1.29, 1.82) is 0 Å². The monoisotopic (exact) mass is 256 g/mol. The third-order valence-corrected chi connectivity index (χ3v) is 3.45. The van der Waals surface area contributed by atoms with E-state index in [1.54, 1.807) is 0 Å². The molecule has 1 rings (SSSR count). The van der Waals surface area contributed by atoms with Gasteiger partial charge in [-0.1, -0.05) is 6.42 Å². The molecule has 106 valence electrons. The number of ether oxygens (including phenoxy) is 1. The van der Waals surface area contributed by atoms with E-state index in [0.717, 1.165) is 19.6 Å². The summed E-state index contributed by atoms with van der Waals surface area (Å²) in [5.41, 5.74) is 0.158. The van der Waals surface area contributed by atoms with Crippen molar-refractivity contribution in [3.05, 3.63) is 0 Å². The third-order valence-electron chi connectivity index (χ3n) is 3.45. The Kier molecular flexibility index (Phi) is 6.09. The van der Waals surface area contributed by atoms with Crippen molar-refractivity contribution in [2.75, 3.05) is 26.7 Å². The van der Waals surface area contributed by atoms with E-state index in [2.05, 4.69) is 31.0 Å². The molecular weight excluding hydrogens is 228 g/mol. The van der Waals surface area contributed by atoms with Gasteiger partial charge in [0.25, 0.3) is 0 Å². The van der Waals surface area contributed by atoms with Crippen LogP contribution in [0.5, 0.6) is 0 Å². The third kappa shape index (κ3) is 5.83. The molecule has 0 aromatic carbocycles. The van der Waals surface area contributed by atoms with E-state index in [4.69, 9.17) is 4.74 Å². The summed E-state index contributed by atoms with van der Waals surface area (Å²) in [6.45, 7) is 9.50. The average Bonchev–Trinajstić information content (AvgIpc) is 2.33. The second-order valence-electron chi connectivity index (χ2n) is 6.14. The lowest BCUT2D eigenvalue weighted by Crippen LogP contribution is -2.50. The highest BCUT2D eigenvalue weighted by Gasteiger charge is 2.24. The van der Waals surface area contributed by atoms with Crippen LogP contribution in [0.25, 0.3) is 0 Å². The Balaban J connectivity index is 2.39. The Morgan fingerprint density at radius 1 is 1.39 bits per heavy atom. The first-order chi connectivity index (χ1) is 8.42. The molecule has 0 saturated carbocycles. The maximum absolute atomic E-state index is 11.2. The fourth-order valence-electron chi connectivity index (χ4n) is 2.35. The molecule has 1 unspecified atom stereocenters. The summed E-state index contributed by atoms with van der Waals surface area (Å²) < 4.78 is 4.71. The summed E-state index contributed by atoms with van der Waals surface area (Å²) in [6, 6.07) is 0.558. The first-order valence-electron chi connectivity index (χ1n) is 6.98. The second-order valence-corrected chi connectivity index (χ2v) is 6.14. The second kappa shape index (κ2) is 7.10. The molecule has 0 aromatic heterocycles. The molecule has 1 N–H and O–H groups in total. The maximum atomic E-state index is 11.2. The Hall–Kier alpha value is -0.610. The van der Waals surface area contributed by atoms with Crippen LogP contribution in [0, 0.1) is 0 Å². The molecule has 0 radical (unpaired) electrons. The molecule has 0 amide bonds. The first kappa shape index (κ1) is 15.4. The van der Waals surface area contributed by atoms with Gasteiger partial charge in [0.2, 0.25) is 0 Å². The van der Waals surface area contributed by atoms with Crippen LogP contribution in [0.1, 0.15) is 46.5 Å². The van der Waals surface area contributed by atoms with Crippen molar-refractivity contribution in [3.63, 3.8) is 0 Å². The zero-order valence-corrected chi connectivity index (χ0v) is 12.3. The average molecular weight is 256 g/mol. The normalized spacial score (nSPS) is 21.9. The number of piperidine rings is 1. The van der Waals surface area contributed by atoms with Crippen LogP contribution in [0.4, 0.5) is 0 Å². The van der Waals surface area contributed by atoms with Crippen molar-refractivity contribution in [1.82, 2.24) is 10.2 Å². The van der Waals surface area contributed by atoms with E-state index in [1.165, 1.54) is 26.4 Å². The first-order valence-corrected chi connectivity index (χ1v) is 6.98. The summed E-state index contributed by atoms with van der Waals surface area (Å²) in [6.07, 6.45) is 4.27. The number of esters is 1. The molecule has 4 heteroatoms. The molecule has 18 heavy (non-hydrogen) atoms. The lowest BCUT2D eigenvalue weighted by molar-refractivity contribution is -0.141. The van der Waals surface area contributed by atoms with Gasteiger partial charge in [-0.2, -0.15) is 0 Å². The molecule has 1 aliphatic rings. The minimum absolute atomic E-state index is 0.108. The molecule has 1 fully saturated rings. The van der Waals surface area contributed by atoms with Gasteiger partial charge < -0.3 is 10.1 Å². The van der Waals surface area contributed by atoms with Crippen LogP contribution >= 0.6 is 0 Å². The lowest BCUT2D eigenvalue weighted by atomic mass is 10.00. The predicted octanol–water partition coefficient (Wildman–Crippen LogP) is 1.79. The molecule has 1 heterocycles. The zero-order valence-electron chi connectivity index (χ0n) is 12.3. The van der Waals surface area contributed by atoms with Gasteiger partial charge in [0, 0.05) is 24.7 Å². The van der Waals surface area contributed by atoms with Gasteiger partial charge >= 0.3 is 5.97 Å². The van der Waals surface area contributed by atoms with Gasteiger partial charge in [0.05, 0.1) is 13.5 Å². The topological polar surface area (TPSA) is 41.6 Å². The summed E-state index contributed by atoms with van der Waals surface area (Å²) in [4.78, 5) is 13.6. The van der Waals surface area contributed by atoms with Crippen LogP contribution in [0.15, 0.2) is 0 Å². The van der Waals surface area contributed by atoms with E-state index in [0.29, 0.717) is 12.5 Å². The van der Waals surface area contributed by atoms with Crippen molar-refractivity contribution in [2.45, 2.75) is 58.0 Å². The summed E-state index contributed by atoms with van der Waals surface area (Å²) in [5, 5.41) is 3.57. The number of carbonyl (C=O) groups excluding carboxylic acids is 1. The SMILES string of the molecule is COC(=O)CCN1CCCCC1CNC(C)(C)C. The Bertz CT molecular complexity index is 261. The van der Waals surface area contributed by atoms with Crippen LogP contribution < -0.4 is 5.32 Å². The molecule has 0 aliphatic carbocycles. The number of methoxy groups -OCH3 is 1. The van der Waals surface area contributed by atoms with Gasteiger partial charge in [-0.15, -0.1) is 0 Å². The highest BCUT2D eigenvalue weighted by Crippen LogP contribution is 2.17. The number of nitrogens with one attached hydrogen (secondary N) is 1. The molecule has 0 aromatic rings. The standard InChI is InChI=1S/C14H28N2O2/c1-14(2,3)15-11-12-7-5-6-9-16(12)10-8-13(17)18-4/h12,15H,5-11H2,1-4H3. The van der Waals surface area contributed by atoms with Crippen molar-refractivity contribution >= 4 is 5.97 Å². The number of likely N-dealkylation sites (tertiary alicyclic amines) is 1. The van der Waals surface area contributed by atoms with Crippen LogP contribution in [0.3, 0.4) is 0 Å². The number of hydrogen-bond acceptors (Lipinski definition) is 4. The van der Waals surface area contributed by atoms with E-state index >= 15 is 0 Å². The summed E-state index contributed by atoms with van der Waals surface area (Å²) >= 11 is 0. The van der Waals surface area contributed by atoms with Gasteiger partial charge in [0.15, 0.2) is 0 Å². The van der Waals surface area contributed by atoms with Gasteiger partial charge in [-0.25, -0.2) is 0 Å². The molecule has 1 aliphatic heterocycles. The van der Waals surface area contributed by atoms with Crippen molar-refractivity contribution < 1.29 is 9.53 Å². The molecule has 0 spiro atoms. The maximum Gasteiger partial charge on any atom is 0.306 e. The van der Waals surface area contributed by atoms with Crippen LogP contribution in [-0.4, -0.2) is 49.2 Å². The van der Waals surface area contributed by atoms with Crippen LogP contribution in [-0.2, 0) is 9.53 Å². The largest absolute Gasteiger partial charge is 0.469 e. The Morgan fingerprint density at radius 3 is 2.72 bits per heavy atom. The molecule has 1 atom stereocenters. The van der Waals surface area contributed by atoms with Gasteiger partial charge in [-0.3, -0.25) is 9.69 Å². The number of hydrogen-bond donors (Lipinski definition) is 1. The number of nitrogens with zero attached hydrogens (tertiary/aromatic N) is 1. The van der Waals surface area contributed by atoms with Crippen LogP contribution in [0.2, 0.25) is 0 Å². The fraction of sp³-hybridized carbons (Fsp3) is 0.929. The molecule has 0 bridgehead atoms. The Morgan fingerprint density at radius 2 is 2.11 bits per heavy atom. The van der Waals surface area contributed by atoms with Crippen molar-refractivity contribution in [3.8, 4) is 0 Å². The molecular formula is C14H28N2O2. The van der Waals surface area contributed by atoms with Gasteiger partial charge in [0.1, 0.15) is 0 Å². The summed E-state index contributed by atoms with van der Waals surface area (Å²) in [5.74, 6) is -0.108. The van der Waals surface area contributed by atoms with E-state index in [1.807, 2.05) is 0 Å². The zero-order chi connectivity index (χ0) is 13.6. The lowest BCUT2D eigenvalue weighted by Gasteiger charge is -2.37. The summed E-state index contributed by atoms with van der Waals surface area (Å²) in [7, 11) is 1.46. The Labute approximate surface area is 111 Å². The highest BCUT2D eigenvalue weighted by molar-refractivity contribution is 5.69. The van der Waals surface area contributed by atoms with E-state index in [9.17, 15) is 4.79 Å². The number of rotatable bonds is 5. The fourth-order valence-corrected chi connectivity index (χ4v) is 2.35. The van der Waals surface area contributed by atoms with E-state index < -0.39 is 0 Å². The minimum Gasteiger partial charge on any atom is -0.469 e.